The predicted molar refractivity (Wildman–Crippen MR) is 71.5 cm³/mol. The number of hydrogen-bond donors (Lipinski definition) is 1. The molecule has 1 saturated heterocycles. The van der Waals surface area contributed by atoms with Crippen LogP contribution in [0, 0.1) is 6.92 Å². The van der Waals surface area contributed by atoms with Gasteiger partial charge >= 0.3 is 0 Å². The number of anilines is 1. The number of rotatable bonds is 3. The minimum absolute atomic E-state index is 0.0796. The largest absolute Gasteiger partial charge is 0.394 e. The highest BCUT2D eigenvalue weighted by Crippen LogP contribution is 2.30. The van der Waals surface area contributed by atoms with Crippen molar-refractivity contribution >= 4 is 5.69 Å². The minimum Gasteiger partial charge on any atom is -0.394 e. The van der Waals surface area contributed by atoms with Gasteiger partial charge in [-0.2, -0.15) is 0 Å². The van der Waals surface area contributed by atoms with Crippen LogP contribution in [-0.2, 0) is 0 Å². The van der Waals surface area contributed by atoms with E-state index in [1.165, 1.54) is 11.3 Å². The van der Waals surface area contributed by atoms with Gasteiger partial charge in [-0.05, 0) is 45.1 Å². The maximum atomic E-state index is 9.64. The van der Waals surface area contributed by atoms with E-state index in [1.54, 1.807) is 0 Å². The summed E-state index contributed by atoms with van der Waals surface area (Å²) in [6.07, 6.45) is 1.02. The van der Waals surface area contributed by atoms with Crippen molar-refractivity contribution in [3.63, 3.8) is 0 Å². The minimum atomic E-state index is -0.0796. The molecule has 1 aliphatic rings. The van der Waals surface area contributed by atoms with Crippen LogP contribution in [0.1, 0.15) is 12.0 Å². The first kappa shape index (κ1) is 12.4. The van der Waals surface area contributed by atoms with Gasteiger partial charge in [-0.1, -0.05) is 12.1 Å². The van der Waals surface area contributed by atoms with Crippen molar-refractivity contribution < 1.29 is 5.11 Å². The Bertz CT molecular complexity index is 392. The van der Waals surface area contributed by atoms with Gasteiger partial charge in [0.05, 0.1) is 12.1 Å². The predicted octanol–water partition coefficient (Wildman–Crippen LogP) is 1.50. The third-order valence-electron chi connectivity index (χ3n) is 3.94. The Labute approximate surface area is 104 Å². The van der Waals surface area contributed by atoms with Crippen LogP contribution in [0.25, 0.3) is 0 Å². The van der Waals surface area contributed by atoms with Crippen LogP contribution in [0.5, 0.6) is 0 Å². The average molecular weight is 234 g/mol. The molecular formula is C14H22N2O. The summed E-state index contributed by atoms with van der Waals surface area (Å²) < 4.78 is 0. The first-order chi connectivity index (χ1) is 8.07. The SMILES string of the molecule is Cc1cccc(N2CCC(CO)(N(C)C)C2)c1. The molecule has 1 heterocycles. The molecule has 0 spiro atoms. The number of benzene rings is 1. The van der Waals surface area contributed by atoms with Crippen LogP contribution in [0.4, 0.5) is 5.69 Å². The van der Waals surface area contributed by atoms with Crippen molar-refractivity contribution in [1.82, 2.24) is 4.90 Å². The lowest BCUT2D eigenvalue weighted by Gasteiger charge is -2.34. The molecule has 1 aliphatic heterocycles. The van der Waals surface area contributed by atoms with Gasteiger partial charge < -0.3 is 10.0 Å². The summed E-state index contributed by atoms with van der Waals surface area (Å²) in [5.41, 5.74) is 2.47. The second kappa shape index (κ2) is 4.67. The molecule has 94 valence electrons. The van der Waals surface area contributed by atoms with E-state index >= 15 is 0 Å². The summed E-state index contributed by atoms with van der Waals surface area (Å²) in [5, 5.41) is 9.64. The van der Waals surface area contributed by atoms with E-state index < -0.39 is 0 Å². The molecule has 0 aromatic heterocycles. The van der Waals surface area contributed by atoms with Crippen LogP contribution >= 0.6 is 0 Å². The quantitative estimate of drug-likeness (QED) is 0.858. The zero-order valence-corrected chi connectivity index (χ0v) is 11.0. The molecule has 0 amide bonds. The molecule has 1 aromatic rings. The number of hydrogen-bond acceptors (Lipinski definition) is 3. The second-order valence-electron chi connectivity index (χ2n) is 5.29. The van der Waals surface area contributed by atoms with Gasteiger partial charge in [0.15, 0.2) is 0 Å². The van der Waals surface area contributed by atoms with Gasteiger partial charge in [0.1, 0.15) is 0 Å². The fourth-order valence-electron chi connectivity index (χ4n) is 2.54. The number of aryl methyl sites for hydroxylation is 1. The van der Waals surface area contributed by atoms with E-state index in [1.807, 2.05) is 0 Å². The highest BCUT2D eigenvalue weighted by Gasteiger charge is 2.39. The second-order valence-corrected chi connectivity index (χ2v) is 5.29. The van der Waals surface area contributed by atoms with Gasteiger partial charge in [0.25, 0.3) is 0 Å². The topological polar surface area (TPSA) is 26.7 Å². The van der Waals surface area contributed by atoms with Crippen molar-refractivity contribution in [2.24, 2.45) is 0 Å². The molecule has 1 atom stereocenters. The van der Waals surface area contributed by atoms with Crippen molar-refractivity contribution in [3.05, 3.63) is 29.8 Å². The van der Waals surface area contributed by atoms with Gasteiger partial charge in [0.2, 0.25) is 0 Å². The molecule has 0 saturated carbocycles. The lowest BCUT2D eigenvalue weighted by molar-refractivity contribution is 0.0867. The van der Waals surface area contributed by atoms with Gasteiger partial charge in [0, 0.05) is 18.8 Å². The summed E-state index contributed by atoms with van der Waals surface area (Å²) in [4.78, 5) is 4.52. The maximum Gasteiger partial charge on any atom is 0.0633 e. The monoisotopic (exact) mass is 234 g/mol. The zero-order valence-electron chi connectivity index (χ0n) is 11.0. The third-order valence-corrected chi connectivity index (χ3v) is 3.94. The van der Waals surface area contributed by atoms with Crippen LogP contribution in [0.15, 0.2) is 24.3 Å². The zero-order chi connectivity index (χ0) is 12.5. The Morgan fingerprint density at radius 1 is 1.41 bits per heavy atom. The average Bonchev–Trinajstić information content (AvgIpc) is 2.74. The summed E-state index contributed by atoms with van der Waals surface area (Å²) in [6, 6.07) is 8.57. The van der Waals surface area contributed by atoms with E-state index in [4.69, 9.17) is 0 Å². The summed E-state index contributed by atoms with van der Waals surface area (Å²) in [7, 11) is 4.10. The Kier molecular flexibility index (Phi) is 3.40. The number of aliphatic hydroxyl groups excluding tert-OH is 1. The molecule has 0 radical (unpaired) electrons. The molecule has 3 heteroatoms. The molecule has 1 unspecified atom stereocenters. The Balaban J connectivity index is 2.17. The van der Waals surface area contributed by atoms with Crippen molar-refractivity contribution in [2.75, 3.05) is 38.7 Å². The lowest BCUT2D eigenvalue weighted by atomic mass is 9.99. The fourth-order valence-corrected chi connectivity index (χ4v) is 2.54. The normalized spacial score (nSPS) is 24.6. The van der Waals surface area contributed by atoms with Gasteiger partial charge in [-0.15, -0.1) is 0 Å². The van der Waals surface area contributed by atoms with E-state index in [2.05, 4.69) is 55.1 Å². The summed E-state index contributed by atoms with van der Waals surface area (Å²) >= 11 is 0. The molecule has 1 aromatic carbocycles. The molecule has 3 nitrogen and oxygen atoms in total. The van der Waals surface area contributed by atoms with Crippen LogP contribution < -0.4 is 4.90 Å². The first-order valence-corrected chi connectivity index (χ1v) is 6.17. The van der Waals surface area contributed by atoms with Crippen molar-refractivity contribution in [3.8, 4) is 0 Å². The molecule has 2 rings (SSSR count). The molecule has 1 N–H and O–H groups in total. The number of likely N-dealkylation sites (N-methyl/N-ethyl adjacent to an activating group) is 1. The first-order valence-electron chi connectivity index (χ1n) is 6.17. The summed E-state index contributed by atoms with van der Waals surface area (Å²) in [6.45, 7) is 4.26. The lowest BCUT2D eigenvalue weighted by Crippen LogP contribution is -2.49. The van der Waals surface area contributed by atoms with Gasteiger partial charge in [-0.3, -0.25) is 4.90 Å². The fraction of sp³-hybridized carbons (Fsp3) is 0.571. The standard InChI is InChI=1S/C14H22N2O/c1-12-5-4-6-13(9-12)16-8-7-14(10-16,11-17)15(2)3/h4-6,9,17H,7-8,10-11H2,1-3H3. The molecular weight excluding hydrogens is 212 g/mol. The molecule has 1 fully saturated rings. The van der Waals surface area contributed by atoms with E-state index in [-0.39, 0.29) is 12.1 Å². The van der Waals surface area contributed by atoms with Crippen molar-refractivity contribution in [1.29, 1.82) is 0 Å². The molecule has 17 heavy (non-hydrogen) atoms. The number of nitrogens with zero attached hydrogens (tertiary/aromatic N) is 2. The van der Waals surface area contributed by atoms with E-state index in [9.17, 15) is 5.11 Å². The number of aliphatic hydroxyl groups is 1. The van der Waals surface area contributed by atoms with E-state index in [0.717, 1.165) is 19.5 Å². The smallest absolute Gasteiger partial charge is 0.0633 e. The van der Waals surface area contributed by atoms with Crippen molar-refractivity contribution in [2.45, 2.75) is 18.9 Å². The highest BCUT2D eigenvalue weighted by atomic mass is 16.3. The Morgan fingerprint density at radius 2 is 2.18 bits per heavy atom. The Hall–Kier alpha value is -1.06. The van der Waals surface area contributed by atoms with Gasteiger partial charge in [-0.25, -0.2) is 0 Å². The van der Waals surface area contributed by atoms with Crippen LogP contribution in [0.2, 0.25) is 0 Å². The maximum absolute atomic E-state index is 9.64. The third kappa shape index (κ3) is 2.31. The highest BCUT2D eigenvalue weighted by molar-refractivity contribution is 5.50. The Morgan fingerprint density at radius 3 is 2.71 bits per heavy atom. The van der Waals surface area contributed by atoms with Crippen LogP contribution in [-0.4, -0.2) is 49.3 Å². The van der Waals surface area contributed by atoms with E-state index in [0.29, 0.717) is 0 Å². The molecule has 0 aliphatic carbocycles. The summed E-state index contributed by atoms with van der Waals surface area (Å²) in [5.74, 6) is 0. The van der Waals surface area contributed by atoms with Crippen LogP contribution in [0.3, 0.4) is 0 Å². The molecule has 0 bridgehead atoms.